The van der Waals surface area contributed by atoms with Crippen LogP contribution in [0, 0.1) is 5.41 Å². The number of carbonyl (C=O) groups excluding carboxylic acids is 2. The van der Waals surface area contributed by atoms with E-state index in [4.69, 9.17) is 18.3 Å². The van der Waals surface area contributed by atoms with Crippen LogP contribution in [-0.4, -0.2) is 42.3 Å². The normalized spacial score (nSPS) is 18.7. The molecule has 0 aliphatic heterocycles. The van der Waals surface area contributed by atoms with Crippen molar-refractivity contribution in [3.63, 3.8) is 0 Å². The fourth-order valence-corrected chi connectivity index (χ4v) is 3.26. The molecule has 0 bridgehead atoms. The van der Waals surface area contributed by atoms with Gasteiger partial charge < -0.3 is 15.8 Å². The van der Waals surface area contributed by atoms with Crippen LogP contribution in [0.25, 0.3) is 0 Å². The predicted octanol–water partition coefficient (Wildman–Crippen LogP) is 3.93. The predicted molar refractivity (Wildman–Crippen MR) is 118 cm³/mol. The zero-order valence-electron chi connectivity index (χ0n) is 20.1. The molecule has 0 fully saturated rings. The van der Waals surface area contributed by atoms with Crippen LogP contribution in [0.4, 0.5) is 0 Å². The molecule has 6 heteroatoms. The lowest BCUT2D eigenvalue weighted by Gasteiger charge is -2.38. The second-order valence-corrected chi connectivity index (χ2v) is 11.5. The summed E-state index contributed by atoms with van der Waals surface area (Å²) in [5.41, 5.74) is 3.46. The van der Waals surface area contributed by atoms with Crippen molar-refractivity contribution in [3.05, 3.63) is 0 Å². The van der Waals surface area contributed by atoms with Crippen LogP contribution >= 0.6 is 0 Å². The van der Waals surface area contributed by atoms with Gasteiger partial charge in [0.1, 0.15) is 11.1 Å². The summed E-state index contributed by atoms with van der Waals surface area (Å²) in [6, 6.07) is -0.555. The second-order valence-electron chi connectivity index (χ2n) is 11.5. The third-order valence-corrected chi connectivity index (χ3v) is 4.76. The van der Waals surface area contributed by atoms with E-state index in [0.717, 1.165) is 6.42 Å². The number of esters is 1. The van der Waals surface area contributed by atoms with Crippen molar-refractivity contribution in [1.29, 1.82) is 0 Å². The van der Waals surface area contributed by atoms with Crippen LogP contribution in [0.3, 0.4) is 0 Å². The summed E-state index contributed by atoms with van der Waals surface area (Å²) in [4.78, 5) is 25.9. The van der Waals surface area contributed by atoms with Crippen molar-refractivity contribution < 1.29 is 14.3 Å². The fourth-order valence-electron chi connectivity index (χ4n) is 3.26. The van der Waals surface area contributed by atoms with Crippen molar-refractivity contribution >= 4 is 19.6 Å². The Bertz CT molecular complexity index is 555. The number of hydrogen-bond donors (Lipinski definition) is 2. The van der Waals surface area contributed by atoms with Gasteiger partial charge in [-0.3, -0.25) is 9.59 Å². The van der Waals surface area contributed by atoms with E-state index >= 15 is 0 Å². The van der Waals surface area contributed by atoms with Crippen molar-refractivity contribution in [3.8, 4) is 0 Å². The molecule has 0 rings (SSSR count). The minimum absolute atomic E-state index is 0.0201. The molecule has 0 saturated heterocycles. The molecule has 162 valence electrons. The topological polar surface area (TPSA) is 81.4 Å². The van der Waals surface area contributed by atoms with Gasteiger partial charge in [-0.2, -0.15) is 0 Å². The third kappa shape index (κ3) is 9.55. The number of hydrogen-bond acceptors (Lipinski definition) is 5. The molecule has 0 heterocycles. The summed E-state index contributed by atoms with van der Waals surface area (Å²) in [5, 5.41) is 2.89. The standard InChI is InChI=1S/C22H43BN2O3/c1-12-21(10,23)14-20(8,9)28-17(27)22(11,24)13-15(25-19(5,6)7)16(26)18(2,3)4/h15,25H,12-14,24H2,1-11H3. The number of nitrogens with two attached hydrogens (primary N) is 1. The molecule has 3 N–H and O–H groups in total. The van der Waals surface area contributed by atoms with Crippen LogP contribution in [0.2, 0.25) is 5.31 Å². The van der Waals surface area contributed by atoms with E-state index in [-0.39, 0.29) is 17.7 Å². The largest absolute Gasteiger partial charge is 0.458 e. The average molecular weight is 394 g/mol. The molecule has 0 aromatic heterocycles. The highest BCUT2D eigenvalue weighted by molar-refractivity contribution is 6.14. The summed E-state index contributed by atoms with van der Waals surface area (Å²) in [7, 11) is 6.25. The highest BCUT2D eigenvalue weighted by atomic mass is 16.6. The van der Waals surface area contributed by atoms with E-state index in [2.05, 4.69) is 5.32 Å². The summed E-state index contributed by atoms with van der Waals surface area (Å²) < 4.78 is 5.75. The molecule has 0 saturated carbocycles. The highest BCUT2D eigenvalue weighted by Gasteiger charge is 2.42. The lowest BCUT2D eigenvalue weighted by atomic mass is 9.63. The zero-order valence-corrected chi connectivity index (χ0v) is 20.1. The van der Waals surface area contributed by atoms with E-state index in [9.17, 15) is 9.59 Å². The van der Waals surface area contributed by atoms with Crippen LogP contribution in [0.15, 0.2) is 0 Å². The molecule has 0 aromatic carbocycles. The maximum Gasteiger partial charge on any atom is 0.326 e. The average Bonchev–Trinajstić information content (AvgIpc) is 2.41. The Balaban J connectivity index is 5.46. The molecule has 2 radical (unpaired) electrons. The summed E-state index contributed by atoms with van der Waals surface area (Å²) >= 11 is 0. The minimum atomic E-state index is -1.31. The fraction of sp³-hybridized carbons (Fsp3) is 0.909. The van der Waals surface area contributed by atoms with E-state index in [1.54, 1.807) is 6.92 Å². The minimum Gasteiger partial charge on any atom is -0.458 e. The Kier molecular flexibility index (Phi) is 8.59. The van der Waals surface area contributed by atoms with E-state index in [1.807, 2.05) is 69.2 Å². The van der Waals surface area contributed by atoms with E-state index < -0.39 is 33.9 Å². The Morgan fingerprint density at radius 2 is 1.46 bits per heavy atom. The third-order valence-electron chi connectivity index (χ3n) is 4.76. The van der Waals surface area contributed by atoms with Crippen LogP contribution in [0.1, 0.15) is 95.4 Å². The first-order valence-electron chi connectivity index (χ1n) is 10.3. The monoisotopic (exact) mass is 394 g/mol. The van der Waals surface area contributed by atoms with Gasteiger partial charge in [-0.25, -0.2) is 0 Å². The molecule has 3 atom stereocenters. The van der Waals surface area contributed by atoms with E-state index in [0.29, 0.717) is 6.42 Å². The molecule has 0 aromatic rings. The van der Waals surface area contributed by atoms with Crippen molar-refractivity contribution in [2.45, 2.75) is 123 Å². The van der Waals surface area contributed by atoms with Gasteiger partial charge in [0.2, 0.25) is 0 Å². The Morgan fingerprint density at radius 3 is 1.82 bits per heavy atom. The first-order valence-corrected chi connectivity index (χ1v) is 10.3. The van der Waals surface area contributed by atoms with Crippen LogP contribution in [-0.2, 0) is 14.3 Å². The van der Waals surface area contributed by atoms with Crippen molar-refractivity contribution in [2.24, 2.45) is 11.1 Å². The van der Waals surface area contributed by atoms with Gasteiger partial charge in [0.15, 0.2) is 5.78 Å². The number of rotatable bonds is 9. The first kappa shape index (κ1) is 27.1. The quantitative estimate of drug-likeness (QED) is 0.457. The van der Waals surface area contributed by atoms with Gasteiger partial charge in [-0.05, 0) is 54.4 Å². The first-order chi connectivity index (χ1) is 12.1. The number of carbonyl (C=O) groups is 2. The second kappa shape index (κ2) is 8.87. The SMILES string of the molecule is [B]C(C)(CC)CC(C)(C)OC(=O)C(C)(N)CC(NC(C)(C)C)C(=O)C(C)(C)C. The molecule has 0 aliphatic rings. The molecule has 0 amide bonds. The summed E-state index contributed by atoms with van der Waals surface area (Å²) in [6.07, 6.45) is 1.44. The number of nitrogens with one attached hydrogen (secondary N) is 1. The number of ether oxygens (including phenoxy) is 1. The summed E-state index contributed by atoms with van der Waals surface area (Å²) in [5.74, 6) is -0.501. The zero-order chi connectivity index (χ0) is 22.8. The maximum absolute atomic E-state index is 13.0. The lowest BCUT2D eigenvalue weighted by Crippen LogP contribution is -2.58. The van der Waals surface area contributed by atoms with Crippen LogP contribution in [0.5, 0.6) is 0 Å². The van der Waals surface area contributed by atoms with Gasteiger partial charge in [0, 0.05) is 11.0 Å². The molecule has 0 spiro atoms. The molecule has 28 heavy (non-hydrogen) atoms. The van der Waals surface area contributed by atoms with Gasteiger partial charge >= 0.3 is 5.97 Å². The Labute approximate surface area is 174 Å². The van der Waals surface area contributed by atoms with Crippen molar-refractivity contribution in [1.82, 2.24) is 5.32 Å². The summed E-state index contributed by atoms with van der Waals surface area (Å²) in [6.45, 7) is 20.8. The van der Waals surface area contributed by atoms with Gasteiger partial charge in [-0.15, -0.1) is 0 Å². The Morgan fingerprint density at radius 1 is 1.00 bits per heavy atom. The van der Waals surface area contributed by atoms with Crippen LogP contribution < -0.4 is 11.1 Å². The lowest BCUT2D eigenvalue weighted by molar-refractivity contribution is -0.164. The molecular weight excluding hydrogens is 351 g/mol. The number of ketones is 1. The number of Topliss-reactive ketones (excluding diaryl/α,β-unsaturated/α-hetero) is 1. The van der Waals surface area contributed by atoms with Crippen molar-refractivity contribution in [2.75, 3.05) is 0 Å². The van der Waals surface area contributed by atoms with Gasteiger partial charge in [0.25, 0.3) is 0 Å². The molecule has 5 nitrogen and oxygen atoms in total. The Hall–Kier alpha value is -0.875. The molecular formula is C22H43BN2O3. The highest BCUT2D eigenvalue weighted by Crippen LogP contribution is 2.37. The van der Waals surface area contributed by atoms with Gasteiger partial charge in [0.05, 0.1) is 13.9 Å². The maximum atomic E-state index is 13.0. The van der Waals surface area contributed by atoms with Gasteiger partial charge in [-0.1, -0.05) is 46.4 Å². The van der Waals surface area contributed by atoms with E-state index in [1.165, 1.54) is 0 Å². The smallest absolute Gasteiger partial charge is 0.326 e. The molecule has 3 unspecified atom stereocenters. The molecule has 0 aliphatic carbocycles.